The van der Waals surface area contributed by atoms with Crippen molar-refractivity contribution < 1.29 is 4.43 Å². The van der Waals surface area contributed by atoms with E-state index < -0.39 is 26.7 Å². The summed E-state index contributed by atoms with van der Waals surface area (Å²) in [7, 11) is -1.73. The van der Waals surface area contributed by atoms with E-state index in [0.29, 0.717) is 0 Å². The van der Waals surface area contributed by atoms with Gasteiger partial charge in [-0.15, -0.1) is 0 Å². The summed E-state index contributed by atoms with van der Waals surface area (Å²) in [5, 5.41) is 0.275. The van der Waals surface area contributed by atoms with Crippen LogP contribution in [0.25, 0.3) is 0 Å². The monoisotopic (exact) mass is 602 g/mol. The first-order valence-corrected chi connectivity index (χ1v) is 26.1. The van der Waals surface area contributed by atoms with Gasteiger partial charge in [-0.3, -0.25) is 0 Å². The van der Waals surface area contributed by atoms with Crippen LogP contribution in [0.1, 0.15) is 145 Å². The molecule has 0 saturated carbocycles. The molecule has 204 valence electrons. The average molecular weight is 602 g/mol. The number of rotatable bonds is 22. The number of hydrogen-bond donors (Lipinski definition) is 0. The molecule has 0 N–H and O–H groups in total. The zero-order valence-electron chi connectivity index (χ0n) is 25.4. The van der Waals surface area contributed by atoms with E-state index in [-0.39, 0.29) is 5.04 Å². The predicted octanol–water partition coefficient (Wildman–Crippen LogP) is 12.3. The molecular formula is C31H66OSiSn. The summed E-state index contributed by atoms with van der Waals surface area (Å²) in [4.78, 5) is 0. The van der Waals surface area contributed by atoms with Crippen LogP contribution in [-0.4, -0.2) is 26.7 Å². The molecule has 34 heavy (non-hydrogen) atoms. The Kier molecular flexibility index (Phi) is 20.0. The first-order chi connectivity index (χ1) is 16.1. The third-order valence-electron chi connectivity index (χ3n) is 8.72. The van der Waals surface area contributed by atoms with E-state index in [1.54, 1.807) is 13.3 Å². The number of hydrogen-bond acceptors (Lipinski definition) is 1. The molecule has 1 atom stereocenters. The minimum absolute atomic E-state index is 0.275. The molecule has 0 unspecified atom stereocenters. The molecule has 0 rings (SSSR count). The molecule has 0 amide bonds. The van der Waals surface area contributed by atoms with Crippen LogP contribution in [0.15, 0.2) is 12.3 Å². The van der Waals surface area contributed by atoms with E-state index >= 15 is 0 Å². The third kappa shape index (κ3) is 14.3. The standard InChI is InChI=1S/C19H39OSi.3C4H9.Sn/c1-7-8-9-10-11-12-13-14-15-16-17-18-20-21(5,6)19(2,3)4;3*1-3-4-2;/h16-18H,7-15H2,1-6H3;3*1,3-4H2,2H3;/b18-17-;;;;. The molecule has 0 aromatic heterocycles. The summed E-state index contributed by atoms with van der Waals surface area (Å²) in [5.41, 5.74) is 0. The molecule has 1 nitrogen and oxygen atoms in total. The molecule has 0 aliphatic carbocycles. The molecule has 0 aliphatic heterocycles. The van der Waals surface area contributed by atoms with Crippen LogP contribution in [0.4, 0.5) is 0 Å². The molecular weight excluding hydrogens is 535 g/mol. The maximum absolute atomic E-state index is 6.61. The topological polar surface area (TPSA) is 9.23 Å². The first kappa shape index (κ1) is 34.6. The van der Waals surface area contributed by atoms with Crippen molar-refractivity contribution >= 4 is 26.7 Å². The fourth-order valence-electron chi connectivity index (χ4n) is 5.10. The first-order valence-electron chi connectivity index (χ1n) is 15.4. The molecule has 0 aromatic rings. The fraction of sp³-hybridized carbons (Fsp3) is 0.935. The van der Waals surface area contributed by atoms with Crippen LogP contribution in [0.5, 0.6) is 0 Å². The van der Waals surface area contributed by atoms with Crippen LogP contribution in [0, 0.1) is 0 Å². The zero-order chi connectivity index (χ0) is 25.9. The molecule has 0 bridgehead atoms. The molecule has 0 aliphatic rings. The molecule has 0 fully saturated rings. The van der Waals surface area contributed by atoms with Crippen molar-refractivity contribution in [2.24, 2.45) is 0 Å². The summed E-state index contributed by atoms with van der Waals surface area (Å²) >= 11 is -2.31. The molecule has 0 spiro atoms. The van der Waals surface area contributed by atoms with Crippen LogP contribution < -0.4 is 0 Å². The Morgan fingerprint density at radius 2 is 1.06 bits per heavy atom. The molecule has 0 aromatic carbocycles. The molecule has 3 heteroatoms. The van der Waals surface area contributed by atoms with Crippen LogP contribution in [0.2, 0.25) is 35.4 Å². The summed E-state index contributed by atoms with van der Waals surface area (Å²) < 4.78 is 12.3. The maximum atomic E-state index is 6.61. The van der Waals surface area contributed by atoms with Crippen molar-refractivity contribution in [1.29, 1.82) is 0 Å². The zero-order valence-corrected chi connectivity index (χ0v) is 29.2. The minimum atomic E-state index is -2.31. The Balaban J connectivity index is 5.50. The van der Waals surface area contributed by atoms with Crippen molar-refractivity contribution in [3.8, 4) is 0 Å². The normalized spacial score (nSPS) is 14.1. The second-order valence-corrected chi connectivity index (χ2v) is 31.7. The fourth-order valence-corrected chi connectivity index (χ4v) is 24.0. The van der Waals surface area contributed by atoms with Gasteiger partial charge in [-0.1, -0.05) is 0 Å². The van der Waals surface area contributed by atoms with Gasteiger partial charge >= 0.3 is 224 Å². The summed E-state index contributed by atoms with van der Waals surface area (Å²) in [6.07, 6.45) is 26.2. The van der Waals surface area contributed by atoms with Gasteiger partial charge in [0.15, 0.2) is 0 Å². The van der Waals surface area contributed by atoms with Crippen molar-refractivity contribution in [2.75, 3.05) is 0 Å². The second kappa shape index (κ2) is 19.6. The SMILES string of the molecule is CCCCCCCCCC[C@H](/C=C\O[Si](C)(C)C(C)(C)C)[Sn]([CH2]CCC)([CH2]CCC)[CH2]CCC. The van der Waals surface area contributed by atoms with Crippen molar-refractivity contribution in [3.05, 3.63) is 12.3 Å². The molecule has 0 saturated heterocycles. The van der Waals surface area contributed by atoms with Gasteiger partial charge in [0.05, 0.1) is 0 Å². The van der Waals surface area contributed by atoms with Crippen molar-refractivity contribution in [3.63, 3.8) is 0 Å². The van der Waals surface area contributed by atoms with Crippen molar-refractivity contribution in [2.45, 2.75) is 180 Å². The van der Waals surface area contributed by atoms with E-state index in [0.717, 1.165) is 3.93 Å². The van der Waals surface area contributed by atoms with Gasteiger partial charge in [-0.25, -0.2) is 0 Å². The summed E-state index contributed by atoms with van der Waals surface area (Å²) in [6.45, 7) is 21.4. The van der Waals surface area contributed by atoms with Gasteiger partial charge in [-0.2, -0.15) is 0 Å². The Labute approximate surface area is 222 Å². The van der Waals surface area contributed by atoms with E-state index in [4.69, 9.17) is 4.43 Å². The van der Waals surface area contributed by atoms with Gasteiger partial charge in [-0.05, 0) is 0 Å². The average Bonchev–Trinajstić information content (AvgIpc) is 2.78. The number of allylic oxidation sites excluding steroid dienone is 1. The van der Waals surface area contributed by atoms with E-state index in [1.807, 2.05) is 0 Å². The molecule has 0 radical (unpaired) electrons. The van der Waals surface area contributed by atoms with Crippen LogP contribution in [0.3, 0.4) is 0 Å². The summed E-state index contributed by atoms with van der Waals surface area (Å²) in [5.74, 6) is 0. The Bertz CT molecular complexity index is 472. The van der Waals surface area contributed by atoms with Gasteiger partial charge in [0.25, 0.3) is 0 Å². The predicted molar refractivity (Wildman–Crippen MR) is 163 cm³/mol. The Morgan fingerprint density at radius 1 is 0.647 bits per heavy atom. The van der Waals surface area contributed by atoms with Gasteiger partial charge in [0, 0.05) is 0 Å². The third-order valence-corrected chi connectivity index (χ3v) is 30.5. The van der Waals surface area contributed by atoms with E-state index in [9.17, 15) is 0 Å². The van der Waals surface area contributed by atoms with E-state index in [1.165, 1.54) is 96.3 Å². The van der Waals surface area contributed by atoms with Gasteiger partial charge < -0.3 is 0 Å². The van der Waals surface area contributed by atoms with Crippen LogP contribution in [-0.2, 0) is 4.43 Å². The quantitative estimate of drug-likeness (QED) is 0.0681. The van der Waals surface area contributed by atoms with E-state index in [2.05, 4.69) is 73.9 Å². The van der Waals surface area contributed by atoms with Gasteiger partial charge in [0.1, 0.15) is 0 Å². The van der Waals surface area contributed by atoms with Crippen LogP contribution >= 0.6 is 0 Å². The van der Waals surface area contributed by atoms with Gasteiger partial charge in [0.2, 0.25) is 0 Å². The number of unbranched alkanes of at least 4 members (excludes halogenated alkanes) is 10. The molecule has 0 heterocycles. The Morgan fingerprint density at radius 3 is 1.47 bits per heavy atom. The second-order valence-electron chi connectivity index (χ2n) is 12.7. The van der Waals surface area contributed by atoms with Crippen molar-refractivity contribution in [1.82, 2.24) is 0 Å². The summed E-state index contributed by atoms with van der Waals surface area (Å²) in [6, 6.07) is 0. The Hall–Kier alpha value is 0.556.